The first-order valence-electron chi connectivity index (χ1n) is 10.9. The van der Waals surface area contributed by atoms with Crippen molar-refractivity contribution in [2.75, 3.05) is 11.9 Å². The van der Waals surface area contributed by atoms with E-state index in [1.54, 1.807) is 18.2 Å². The maximum atomic E-state index is 12.6. The monoisotopic (exact) mass is 478 g/mol. The van der Waals surface area contributed by atoms with Crippen molar-refractivity contribution in [3.63, 3.8) is 0 Å². The van der Waals surface area contributed by atoms with Gasteiger partial charge in [-0.3, -0.25) is 9.59 Å². The van der Waals surface area contributed by atoms with Gasteiger partial charge in [0.05, 0.1) is 16.6 Å². The molecule has 2 amide bonds. The molecule has 10 nitrogen and oxygen atoms in total. The number of nitrogens with zero attached hydrogens (tertiary/aromatic N) is 3. The number of nitrogens with one attached hydrogen (secondary N) is 3. The highest BCUT2D eigenvalue weighted by atomic mass is 35.5. The number of anilines is 1. The van der Waals surface area contributed by atoms with Crippen LogP contribution in [0, 0.1) is 0 Å². The molecule has 4 heterocycles. The molecule has 34 heavy (non-hydrogen) atoms. The van der Waals surface area contributed by atoms with E-state index in [1.165, 1.54) is 6.20 Å². The third kappa shape index (κ3) is 3.65. The summed E-state index contributed by atoms with van der Waals surface area (Å²) in [6.07, 6.45) is 3.24. The molecule has 6 rings (SSSR count). The second-order valence-electron chi connectivity index (χ2n) is 8.42. The Hall–Kier alpha value is -3.92. The molecule has 0 radical (unpaired) electrons. The fraction of sp³-hybridized carbons (Fsp3) is 0.261. The van der Waals surface area contributed by atoms with Crippen LogP contribution in [0.1, 0.15) is 40.7 Å². The molecule has 2 aliphatic rings. The standard InChI is InChI=1S/C23H19ClN6O4/c1-10-8-25-18-17-12-4-7-16(29-14(12)5-6-15(17)33-19(18)21(32)27-10)34-22-13(9-26-23(24)30-22)20(31)28-11-2-3-11/h4-7,9-11,25H,2-3,8H2,1H3,(H,27,32)(H,28,31)/t10-/m1/s1. The SMILES string of the molecule is C[C@@H]1CNc2c(oc3ccc4nc(Oc5nc(Cl)ncc5C(=O)NC5CC5)ccc4c23)C(=O)N1. The lowest BCUT2D eigenvalue weighted by atomic mass is 10.1. The largest absolute Gasteiger partial charge is 0.449 e. The summed E-state index contributed by atoms with van der Waals surface area (Å²) in [7, 11) is 0. The number of rotatable bonds is 4. The van der Waals surface area contributed by atoms with E-state index in [0.717, 1.165) is 23.6 Å². The maximum Gasteiger partial charge on any atom is 0.289 e. The molecule has 3 N–H and O–H groups in total. The molecule has 0 saturated heterocycles. The van der Waals surface area contributed by atoms with Crippen molar-refractivity contribution in [3.05, 3.63) is 47.1 Å². The van der Waals surface area contributed by atoms with Crippen molar-refractivity contribution in [2.45, 2.75) is 31.8 Å². The third-order valence-electron chi connectivity index (χ3n) is 5.75. The van der Waals surface area contributed by atoms with Crippen LogP contribution in [0.2, 0.25) is 5.28 Å². The first kappa shape index (κ1) is 20.7. The van der Waals surface area contributed by atoms with Crippen molar-refractivity contribution in [3.8, 4) is 11.8 Å². The number of halogens is 1. The van der Waals surface area contributed by atoms with Crippen LogP contribution in [-0.2, 0) is 0 Å². The van der Waals surface area contributed by atoms with Gasteiger partial charge in [-0.05, 0) is 49.6 Å². The fourth-order valence-electron chi connectivity index (χ4n) is 3.93. The van der Waals surface area contributed by atoms with Crippen LogP contribution in [-0.4, -0.2) is 45.4 Å². The number of carbonyl (C=O) groups is 2. The van der Waals surface area contributed by atoms with E-state index in [9.17, 15) is 9.59 Å². The average molecular weight is 479 g/mol. The van der Waals surface area contributed by atoms with Crippen LogP contribution in [0.5, 0.6) is 11.8 Å². The number of fused-ring (bicyclic) bond motifs is 5. The summed E-state index contributed by atoms with van der Waals surface area (Å²) in [5.41, 5.74) is 2.02. The van der Waals surface area contributed by atoms with E-state index >= 15 is 0 Å². The van der Waals surface area contributed by atoms with Crippen molar-refractivity contribution < 1.29 is 18.7 Å². The normalized spacial score (nSPS) is 17.6. The summed E-state index contributed by atoms with van der Waals surface area (Å²) in [4.78, 5) is 37.7. The predicted molar refractivity (Wildman–Crippen MR) is 125 cm³/mol. The second kappa shape index (κ2) is 7.84. The summed E-state index contributed by atoms with van der Waals surface area (Å²) >= 11 is 5.95. The lowest BCUT2D eigenvalue weighted by Crippen LogP contribution is -2.34. The van der Waals surface area contributed by atoms with Crippen LogP contribution in [0.3, 0.4) is 0 Å². The minimum Gasteiger partial charge on any atom is -0.449 e. The second-order valence-corrected chi connectivity index (χ2v) is 8.76. The zero-order valence-electron chi connectivity index (χ0n) is 18.0. The van der Waals surface area contributed by atoms with Gasteiger partial charge in [-0.25, -0.2) is 9.97 Å². The number of benzene rings is 1. The summed E-state index contributed by atoms with van der Waals surface area (Å²) in [6, 6.07) is 7.17. The van der Waals surface area contributed by atoms with Gasteiger partial charge in [-0.2, -0.15) is 4.98 Å². The van der Waals surface area contributed by atoms with Gasteiger partial charge in [0, 0.05) is 36.3 Å². The van der Waals surface area contributed by atoms with Crippen molar-refractivity contribution in [1.29, 1.82) is 0 Å². The minimum absolute atomic E-state index is 0.0237. The predicted octanol–water partition coefficient (Wildman–Crippen LogP) is 3.65. The molecule has 1 fully saturated rings. The van der Waals surface area contributed by atoms with E-state index < -0.39 is 0 Å². The lowest BCUT2D eigenvalue weighted by molar-refractivity contribution is 0.0918. The Morgan fingerprint density at radius 2 is 2.09 bits per heavy atom. The van der Waals surface area contributed by atoms with Crippen molar-refractivity contribution >= 4 is 51.0 Å². The molecular formula is C23H19ClN6O4. The zero-order chi connectivity index (χ0) is 23.4. The number of ether oxygens (including phenoxy) is 1. The van der Waals surface area contributed by atoms with Crippen LogP contribution < -0.4 is 20.7 Å². The number of carbonyl (C=O) groups excluding carboxylic acids is 2. The number of amides is 2. The van der Waals surface area contributed by atoms with E-state index in [0.29, 0.717) is 23.3 Å². The summed E-state index contributed by atoms with van der Waals surface area (Å²) in [5, 5.41) is 10.6. The Bertz CT molecular complexity index is 1480. The number of aromatic nitrogens is 3. The number of hydrogen-bond acceptors (Lipinski definition) is 8. The Kier molecular flexibility index (Phi) is 4.77. The van der Waals surface area contributed by atoms with Gasteiger partial charge >= 0.3 is 0 Å². The zero-order valence-corrected chi connectivity index (χ0v) is 18.8. The van der Waals surface area contributed by atoms with E-state index in [2.05, 4.69) is 30.9 Å². The molecule has 0 spiro atoms. The molecule has 1 aliphatic carbocycles. The third-order valence-corrected chi connectivity index (χ3v) is 5.93. The van der Waals surface area contributed by atoms with Crippen molar-refractivity contribution in [1.82, 2.24) is 25.6 Å². The Balaban J connectivity index is 1.39. The van der Waals surface area contributed by atoms with E-state index in [-0.39, 0.29) is 52.3 Å². The number of pyridine rings is 1. The van der Waals surface area contributed by atoms with Crippen LogP contribution in [0.4, 0.5) is 5.69 Å². The Morgan fingerprint density at radius 3 is 2.91 bits per heavy atom. The van der Waals surface area contributed by atoms with Crippen molar-refractivity contribution in [2.24, 2.45) is 0 Å². The maximum absolute atomic E-state index is 12.6. The van der Waals surface area contributed by atoms with Crippen LogP contribution >= 0.6 is 11.6 Å². The van der Waals surface area contributed by atoms with Gasteiger partial charge < -0.3 is 25.1 Å². The lowest BCUT2D eigenvalue weighted by Gasteiger charge is -2.11. The minimum atomic E-state index is -0.323. The first-order valence-corrected chi connectivity index (χ1v) is 11.3. The van der Waals surface area contributed by atoms with Gasteiger partial charge in [0.2, 0.25) is 22.8 Å². The molecule has 1 atom stereocenters. The molecule has 4 aromatic rings. The quantitative estimate of drug-likeness (QED) is 0.379. The Labute approximate surface area is 198 Å². The van der Waals surface area contributed by atoms with E-state index in [4.69, 9.17) is 20.8 Å². The van der Waals surface area contributed by atoms with E-state index in [1.807, 2.05) is 13.0 Å². The number of furan rings is 1. The van der Waals surface area contributed by atoms with Crippen LogP contribution in [0.15, 0.2) is 34.9 Å². The average Bonchev–Trinajstić information content (AvgIpc) is 3.56. The van der Waals surface area contributed by atoms with Gasteiger partial charge in [0.15, 0.2) is 0 Å². The molecule has 0 unspecified atom stereocenters. The molecule has 1 aromatic carbocycles. The van der Waals surface area contributed by atoms with Gasteiger partial charge in [0.25, 0.3) is 11.8 Å². The topological polar surface area (TPSA) is 131 Å². The summed E-state index contributed by atoms with van der Waals surface area (Å²) < 4.78 is 11.7. The van der Waals surface area contributed by atoms with Gasteiger partial charge in [-0.1, -0.05) is 0 Å². The highest BCUT2D eigenvalue weighted by Gasteiger charge is 2.28. The molecular weight excluding hydrogens is 460 g/mol. The smallest absolute Gasteiger partial charge is 0.289 e. The summed E-state index contributed by atoms with van der Waals surface area (Å²) in [6.45, 7) is 2.49. The molecule has 1 saturated carbocycles. The Morgan fingerprint density at radius 1 is 1.24 bits per heavy atom. The summed E-state index contributed by atoms with van der Waals surface area (Å²) in [5.74, 6) is -0.0839. The highest BCUT2D eigenvalue weighted by Crippen LogP contribution is 2.38. The molecule has 11 heteroatoms. The molecule has 3 aromatic heterocycles. The fourth-order valence-corrected chi connectivity index (χ4v) is 4.06. The highest BCUT2D eigenvalue weighted by molar-refractivity contribution is 6.28. The van der Waals surface area contributed by atoms with Crippen LogP contribution in [0.25, 0.3) is 21.9 Å². The van der Waals surface area contributed by atoms with Gasteiger partial charge in [-0.15, -0.1) is 0 Å². The first-order chi connectivity index (χ1) is 16.5. The van der Waals surface area contributed by atoms with Gasteiger partial charge in [0.1, 0.15) is 11.1 Å². The molecule has 1 aliphatic heterocycles. The molecule has 172 valence electrons. The molecule has 0 bridgehead atoms. The number of hydrogen-bond donors (Lipinski definition) is 3.